The van der Waals surface area contributed by atoms with E-state index in [1.807, 2.05) is 22.9 Å². The minimum Gasteiger partial charge on any atom is -0.372 e. The zero-order valence-corrected chi connectivity index (χ0v) is 17.3. The van der Waals surface area contributed by atoms with Crippen molar-refractivity contribution >= 4 is 23.2 Å². The van der Waals surface area contributed by atoms with Crippen LogP contribution in [0.4, 0.5) is 0 Å². The maximum atomic E-state index is 6.41. The molecule has 142 valence electrons. The summed E-state index contributed by atoms with van der Waals surface area (Å²) in [4.78, 5) is 4.11. The molecule has 0 saturated carbocycles. The lowest BCUT2D eigenvalue weighted by Gasteiger charge is -2.21. The van der Waals surface area contributed by atoms with Gasteiger partial charge in [0.25, 0.3) is 0 Å². The zero-order valence-electron chi connectivity index (χ0n) is 15.8. The van der Waals surface area contributed by atoms with Crippen LogP contribution in [0.15, 0.2) is 48.6 Å². The number of hydrogen-bond acceptors (Lipinski definition) is 2. The number of halogens is 2. The number of nitrogens with zero attached hydrogens (tertiary/aromatic N) is 2. The Morgan fingerprint density at radius 2 is 2.08 bits per heavy atom. The molecule has 5 heteroatoms. The smallest absolute Gasteiger partial charge is 0.102 e. The van der Waals surface area contributed by atoms with Crippen molar-refractivity contribution in [1.82, 2.24) is 9.55 Å². The Morgan fingerprint density at radius 1 is 1.27 bits per heavy atom. The van der Waals surface area contributed by atoms with Crippen molar-refractivity contribution in [1.29, 1.82) is 0 Å². The molecule has 0 amide bonds. The summed E-state index contributed by atoms with van der Waals surface area (Å²) >= 11 is 12.4. The van der Waals surface area contributed by atoms with E-state index in [4.69, 9.17) is 27.9 Å². The van der Waals surface area contributed by atoms with E-state index in [9.17, 15) is 0 Å². The molecule has 0 fully saturated rings. The Morgan fingerprint density at radius 3 is 2.73 bits per heavy atom. The number of imidazole rings is 1. The molecule has 0 N–H and O–H groups in total. The van der Waals surface area contributed by atoms with Gasteiger partial charge in [0.05, 0.1) is 12.9 Å². The van der Waals surface area contributed by atoms with E-state index in [1.165, 1.54) is 12.0 Å². The van der Waals surface area contributed by atoms with Crippen LogP contribution in [0.1, 0.15) is 51.7 Å². The molecular formula is C21H28Cl2N2O. The first-order valence-electron chi connectivity index (χ1n) is 9.11. The Hall–Kier alpha value is -1.29. The van der Waals surface area contributed by atoms with Crippen molar-refractivity contribution < 1.29 is 4.74 Å². The average Bonchev–Trinajstić information content (AvgIpc) is 3.07. The van der Waals surface area contributed by atoms with Gasteiger partial charge in [-0.2, -0.15) is 0 Å². The highest BCUT2D eigenvalue weighted by atomic mass is 35.5. The summed E-state index contributed by atoms with van der Waals surface area (Å²) in [5, 5.41) is 1.27. The number of rotatable bonds is 10. The molecule has 1 heterocycles. The fourth-order valence-electron chi connectivity index (χ4n) is 2.80. The van der Waals surface area contributed by atoms with E-state index >= 15 is 0 Å². The molecule has 0 saturated heterocycles. The van der Waals surface area contributed by atoms with Gasteiger partial charge in [-0.3, -0.25) is 0 Å². The summed E-state index contributed by atoms with van der Waals surface area (Å²) in [5.74, 6) is 0.625. The van der Waals surface area contributed by atoms with Crippen molar-refractivity contribution in [3.63, 3.8) is 0 Å². The van der Waals surface area contributed by atoms with Gasteiger partial charge >= 0.3 is 0 Å². The van der Waals surface area contributed by atoms with Gasteiger partial charge in [0, 0.05) is 34.6 Å². The molecule has 0 aliphatic heterocycles. The number of hydrogen-bond donors (Lipinski definition) is 0. The predicted molar refractivity (Wildman–Crippen MR) is 110 cm³/mol. The first-order valence-corrected chi connectivity index (χ1v) is 9.87. The second kappa shape index (κ2) is 10.8. The van der Waals surface area contributed by atoms with Crippen molar-refractivity contribution in [2.75, 3.05) is 6.61 Å². The monoisotopic (exact) mass is 394 g/mol. The molecule has 0 spiro atoms. The SMILES string of the molecule is CC(C)=CCCC(C)CCOC(Cn1ccnc1)c1ccc(Cl)cc1Cl. The van der Waals surface area contributed by atoms with Gasteiger partial charge in [0.15, 0.2) is 0 Å². The van der Waals surface area contributed by atoms with Crippen LogP contribution in [0.5, 0.6) is 0 Å². The van der Waals surface area contributed by atoms with E-state index in [2.05, 4.69) is 31.8 Å². The van der Waals surface area contributed by atoms with Gasteiger partial charge in [-0.25, -0.2) is 4.98 Å². The maximum Gasteiger partial charge on any atom is 0.102 e. The first kappa shape index (κ1) is 21.0. The predicted octanol–water partition coefficient (Wildman–Crippen LogP) is 6.72. The number of benzene rings is 1. The lowest BCUT2D eigenvalue weighted by molar-refractivity contribution is 0.0329. The molecule has 0 bridgehead atoms. The van der Waals surface area contributed by atoms with Gasteiger partial charge in [0.1, 0.15) is 6.10 Å². The largest absolute Gasteiger partial charge is 0.372 e. The lowest BCUT2D eigenvalue weighted by atomic mass is 10.0. The third-order valence-electron chi connectivity index (χ3n) is 4.39. The summed E-state index contributed by atoms with van der Waals surface area (Å²) in [6.45, 7) is 7.94. The van der Waals surface area contributed by atoms with Crippen LogP contribution in [-0.2, 0) is 11.3 Å². The molecule has 3 nitrogen and oxygen atoms in total. The molecule has 2 rings (SSSR count). The summed E-state index contributed by atoms with van der Waals surface area (Å²) in [6.07, 6.45) is 11.0. The molecular weight excluding hydrogens is 367 g/mol. The van der Waals surface area contributed by atoms with Crippen LogP contribution in [0.2, 0.25) is 10.0 Å². The second-order valence-corrected chi connectivity index (χ2v) is 7.88. The minimum atomic E-state index is -0.126. The highest BCUT2D eigenvalue weighted by molar-refractivity contribution is 6.35. The first-order chi connectivity index (χ1) is 12.5. The number of allylic oxidation sites excluding steroid dienone is 2. The summed E-state index contributed by atoms with van der Waals surface area (Å²) in [6, 6.07) is 5.57. The van der Waals surface area contributed by atoms with E-state index in [-0.39, 0.29) is 6.10 Å². The van der Waals surface area contributed by atoms with Crippen molar-refractivity contribution in [3.05, 3.63) is 64.2 Å². The van der Waals surface area contributed by atoms with Crippen molar-refractivity contribution in [3.8, 4) is 0 Å². The maximum absolute atomic E-state index is 6.41. The van der Waals surface area contributed by atoms with Crippen LogP contribution in [-0.4, -0.2) is 16.2 Å². The van der Waals surface area contributed by atoms with Crippen molar-refractivity contribution in [2.45, 2.75) is 52.7 Å². The zero-order chi connectivity index (χ0) is 18.9. The Kier molecular flexibility index (Phi) is 8.70. The molecule has 2 aromatic rings. The third kappa shape index (κ3) is 7.14. The molecule has 2 atom stereocenters. The highest BCUT2D eigenvalue weighted by Gasteiger charge is 2.17. The van der Waals surface area contributed by atoms with Crippen LogP contribution >= 0.6 is 23.2 Å². The van der Waals surface area contributed by atoms with E-state index < -0.39 is 0 Å². The van der Waals surface area contributed by atoms with Crippen LogP contribution in [0.3, 0.4) is 0 Å². The molecule has 1 aromatic carbocycles. The van der Waals surface area contributed by atoms with E-state index in [0.717, 1.165) is 18.4 Å². The normalized spacial score (nSPS) is 13.4. The van der Waals surface area contributed by atoms with E-state index in [0.29, 0.717) is 29.1 Å². The van der Waals surface area contributed by atoms with Crippen LogP contribution < -0.4 is 0 Å². The fraction of sp³-hybridized carbons (Fsp3) is 0.476. The quantitative estimate of drug-likeness (QED) is 0.418. The number of ether oxygens (including phenoxy) is 1. The third-order valence-corrected chi connectivity index (χ3v) is 4.95. The van der Waals surface area contributed by atoms with Gasteiger partial charge < -0.3 is 9.30 Å². The topological polar surface area (TPSA) is 27.1 Å². The van der Waals surface area contributed by atoms with Gasteiger partial charge in [-0.1, -0.05) is 47.8 Å². The van der Waals surface area contributed by atoms with Gasteiger partial charge in [0.2, 0.25) is 0 Å². The average molecular weight is 395 g/mol. The molecule has 0 aliphatic carbocycles. The minimum absolute atomic E-state index is 0.126. The van der Waals surface area contributed by atoms with Crippen LogP contribution in [0.25, 0.3) is 0 Å². The van der Waals surface area contributed by atoms with E-state index in [1.54, 1.807) is 18.6 Å². The molecule has 0 radical (unpaired) electrons. The van der Waals surface area contributed by atoms with Crippen LogP contribution in [0, 0.1) is 5.92 Å². The molecule has 0 aliphatic rings. The Bertz CT molecular complexity index is 694. The summed E-state index contributed by atoms with van der Waals surface area (Å²) < 4.78 is 8.24. The second-order valence-electron chi connectivity index (χ2n) is 7.04. The van der Waals surface area contributed by atoms with Gasteiger partial charge in [-0.05, 0) is 51.2 Å². The Labute approximate surface area is 167 Å². The molecule has 2 unspecified atom stereocenters. The number of aromatic nitrogens is 2. The lowest BCUT2D eigenvalue weighted by Crippen LogP contribution is -2.14. The fourth-order valence-corrected chi connectivity index (χ4v) is 3.33. The van der Waals surface area contributed by atoms with Gasteiger partial charge in [-0.15, -0.1) is 0 Å². The Balaban J connectivity index is 1.95. The summed E-state index contributed by atoms with van der Waals surface area (Å²) in [5.41, 5.74) is 2.34. The summed E-state index contributed by atoms with van der Waals surface area (Å²) in [7, 11) is 0. The van der Waals surface area contributed by atoms with Crippen molar-refractivity contribution in [2.24, 2.45) is 5.92 Å². The molecule has 26 heavy (non-hydrogen) atoms. The standard InChI is InChI=1S/C21H28Cl2N2O/c1-16(2)5-4-6-17(3)9-12-26-21(14-25-11-10-24-15-25)19-8-7-18(22)13-20(19)23/h5,7-8,10-11,13,15,17,21H,4,6,9,12,14H2,1-3H3. The highest BCUT2D eigenvalue weighted by Crippen LogP contribution is 2.30. The molecule has 1 aromatic heterocycles.